The molecule has 0 radical (unpaired) electrons. The molecule has 2 rings (SSSR count). The molecule has 1 aromatic heterocycles. The molecule has 1 heterocycles. The predicted molar refractivity (Wildman–Crippen MR) is 69.3 cm³/mol. The van der Waals surface area contributed by atoms with Crippen molar-refractivity contribution in [3.8, 4) is 16.6 Å². The average Bonchev–Trinajstić information content (AvgIpc) is 2.67. The number of hydrogen-bond acceptors (Lipinski definition) is 3. The van der Waals surface area contributed by atoms with Crippen LogP contribution in [0.25, 0.3) is 10.6 Å². The molecule has 0 aliphatic heterocycles. The van der Waals surface area contributed by atoms with Gasteiger partial charge in [0.25, 0.3) is 0 Å². The molecule has 0 aliphatic rings. The van der Waals surface area contributed by atoms with Crippen LogP contribution in [0.4, 0.5) is 0 Å². The Labute approximate surface area is 107 Å². The van der Waals surface area contributed by atoms with E-state index >= 15 is 0 Å². The van der Waals surface area contributed by atoms with Gasteiger partial charge in [0.05, 0.1) is 18.2 Å². The van der Waals surface area contributed by atoms with Crippen LogP contribution in [0.15, 0.2) is 28.1 Å². The minimum absolute atomic E-state index is 0.381. The number of hydrogen-bond donors (Lipinski definition) is 0. The van der Waals surface area contributed by atoms with Crippen molar-refractivity contribution < 1.29 is 0 Å². The number of aromatic nitrogens is 1. The lowest BCUT2D eigenvalue weighted by Gasteiger charge is -2.02. The van der Waals surface area contributed by atoms with Gasteiger partial charge >= 0.3 is 0 Å². The number of benzene rings is 1. The van der Waals surface area contributed by atoms with Crippen LogP contribution in [0.1, 0.15) is 11.3 Å². The van der Waals surface area contributed by atoms with Gasteiger partial charge in [-0.3, -0.25) is 0 Å². The Hall–Kier alpha value is -1.18. The minimum Gasteiger partial charge on any atom is -0.240 e. The summed E-state index contributed by atoms with van der Waals surface area (Å²) >= 11 is 5.02. The number of nitrogens with zero attached hydrogens (tertiary/aromatic N) is 2. The Morgan fingerprint density at radius 1 is 1.50 bits per heavy atom. The van der Waals surface area contributed by atoms with Crippen molar-refractivity contribution in [3.05, 3.63) is 39.3 Å². The van der Waals surface area contributed by atoms with Crippen LogP contribution in [0.5, 0.6) is 0 Å². The first-order chi connectivity index (χ1) is 7.70. The highest BCUT2D eigenvalue weighted by Gasteiger charge is 2.07. The van der Waals surface area contributed by atoms with Crippen molar-refractivity contribution in [2.24, 2.45) is 0 Å². The van der Waals surface area contributed by atoms with Gasteiger partial charge in [-0.2, -0.15) is 5.26 Å². The summed E-state index contributed by atoms with van der Waals surface area (Å²) in [5, 5.41) is 11.5. The molecule has 2 aromatic rings. The van der Waals surface area contributed by atoms with Gasteiger partial charge in [0, 0.05) is 15.4 Å². The number of rotatable bonds is 2. The molecule has 1 aromatic carbocycles. The first-order valence-corrected chi connectivity index (χ1v) is 6.46. The van der Waals surface area contributed by atoms with E-state index in [1.807, 2.05) is 11.4 Å². The zero-order valence-corrected chi connectivity index (χ0v) is 11.1. The molecule has 0 saturated carbocycles. The molecular weight excluding hydrogens is 284 g/mol. The van der Waals surface area contributed by atoms with Crippen molar-refractivity contribution in [2.75, 3.05) is 0 Å². The summed E-state index contributed by atoms with van der Waals surface area (Å²) in [6, 6.07) is 8.24. The van der Waals surface area contributed by atoms with E-state index < -0.39 is 0 Å². The second-order valence-corrected chi connectivity index (χ2v) is 5.21. The molecule has 0 unspecified atom stereocenters. The summed E-state index contributed by atoms with van der Waals surface area (Å²) in [5.74, 6) is 0. The Balaban J connectivity index is 2.39. The molecule has 4 heteroatoms. The molecule has 80 valence electrons. The fourth-order valence-corrected chi connectivity index (χ4v) is 2.85. The van der Waals surface area contributed by atoms with Crippen molar-refractivity contribution in [1.29, 1.82) is 5.26 Å². The molecule has 0 bridgehead atoms. The first-order valence-electron chi connectivity index (χ1n) is 4.78. The minimum atomic E-state index is 0.381. The molecule has 0 atom stereocenters. The van der Waals surface area contributed by atoms with Gasteiger partial charge in [0.15, 0.2) is 0 Å². The number of aryl methyl sites for hydroxylation is 1. The van der Waals surface area contributed by atoms with Gasteiger partial charge < -0.3 is 0 Å². The average molecular weight is 293 g/mol. The van der Waals surface area contributed by atoms with E-state index in [9.17, 15) is 0 Å². The fourth-order valence-electron chi connectivity index (χ4n) is 1.46. The second kappa shape index (κ2) is 4.77. The molecule has 0 aliphatic carbocycles. The van der Waals surface area contributed by atoms with Gasteiger partial charge in [0.1, 0.15) is 5.01 Å². The maximum Gasteiger partial charge on any atom is 0.123 e. The van der Waals surface area contributed by atoms with E-state index in [2.05, 4.69) is 46.0 Å². The van der Waals surface area contributed by atoms with Crippen molar-refractivity contribution in [1.82, 2.24) is 4.98 Å². The zero-order valence-electron chi connectivity index (χ0n) is 8.70. The molecular formula is C12H9BrN2S. The molecule has 0 saturated heterocycles. The fraction of sp³-hybridized carbons (Fsp3) is 0.167. The lowest BCUT2D eigenvalue weighted by atomic mass is 10.1. The Morgan fingerprint density at radius 2 is 2.31 bits per heavy atom. The lowest BCUT2D eigenvalue weighted by molar-refractivity contribution is 1.16. The third-order valence-electron chi connectivity index (χ3n) is 2.23. The van der Waals surface area contributed by atoms with Crippen LogP contribution in [0, 0.1) is 18.3 Å². The Morgan fingerprint density at radius 3 is 3.00 bits per heavy atom. The zero-order chi connectivity index (χ0) is 11.5. The highest BCUT2D eigenvalue weighted by Crippen LogP contribution is 2.28. The Kier molecular flexibility index (Phi) is 3.37. The van der Waals surface area contributed by atoms with E-state index in [1.165, 1.54) is 5.56 Å². The van der Waals surface area contributed by atoms with E-state index in [-0.39, 0.29) is 0 Å². The number of thiazole rings is 1. The summed E-state index contributed by atoms with van der Waals surface area (Å²) in [4.78, 5) is 4.44. The van der Waals surface area contributed by atoms with Crippen molar-refractivity contribution >= 4 is 27.3 Å². The Bertz CT molecular complexity index is 554. The van der Waals surface area contributed by atoms with Gasteiger partial charge in [-0.1, -0.05) is 22.0 Å². The molecule has 0 amide bonds. The molecule has 0 N–H and O–H groups in total. The summed E-state index contributed by atoms with van der Waals surface area (Å²) in [5.41, 5.74) is 3.18. The van der Waals surface area contributed by atoms with Crippen molar-refractivity contribution in [3.63, 3.8) is 0 Å². The summed E-state index contributed by atoms with van der Waals surface area (Å²) in [7, 11) is 0. The summed E-state index contributed by atoms with van der Waals surface area (Å²) < 4.78 is 1.07. The summed E-state index contributed by atoms with van der Waals surface area (Å²) in [6.45, 7) is 2.06. The van der Waals surface area contributed by atoms with E-state index in [0.717, 1.165) is 20.7 Å². The van der Waals surface area contributed by atoms with Crippen LogP contribution in [0.2, 0.25) is 0 Å². The smallest absolute Gasteiger partial charge is 0.123 e. The standard InChI is InChI=1S/C12H9BrN2S/c1-8-6-9(13)2-3-11(8)12-15-10(4-5-14)7-16-12/h2-3,6-7H,4H2,1H3. The van der Waals surface area contributed by atoms with Gasteiger partial charge in [-0.25, -0.2) is 4.98 Å². The second-order valence-electron chi connectivity index (χ2n) is 3.44. The highest BCUT2D eigenvalue weighted by atomic mass is 79.9. The number of nitriles is 1. The normalized spacial score (nSPS) is 10.1. The molecule has 16 heavy (non-hydrogen) atoms. The quantitative estimate of drug-likeness (QED) is 0.840. The largest absolute Gasteiger partial charge is 0.240 e. The van der Waals surface area contributed by atoms with Gasteiger partial charge in [-0.05, 0) is 24.6 Å². The van der Waals surface area contributed by atoms with Crippen molar-refractivity contribution in [2.45, 2.75) is 13.3 Å². The topological polar surface area (TPSA) is 36.7 Å². The first kappa shape index (κ1) is 11.3. The molecule has 0 spiro atoms. The van der Waals surface area contributed by atoms with Crippen LogP contribution in [-0.4, -0.2) is 4.98 Å². The predicted octanol–water partition coefficient (Wildman–Crippen LogP) is 3.95. The maximum atomic E-state index is 8.60. The van der Waals surface area contributed by atoms with Gasteiger partial charge in [0.2, 0.25) is 0 Å². The number of halogens is 1. The van der Waals surface area contributed by atoms with E-state index in [4.69, 9.17) is 5.26 Å². The van der Waals surface area contributed by atoms with Crippen LogP contribution in [0.3, 0.4) is 0 Å². The third kappa shape index (κ3) is 2.31. The highest BCUT2D eigenvalue weighted by molar-refractivity contribution is 9.10. The summed E-state index contributed by atoms with van der Waals surface area (Å²) in [6.07, 6.45) is 0.381. The van der Waals surface area contributed by atoms with E-state index in [0.29, 0.717) is 6.42 Å². The SMILES string of the molecule is Cc1cc(Br)ccc1-c1nc(CC#N)cs1. The monoisotopic (exact) mass is 292 g/mol. The van der Waals surface area contributed by atoms with Crippen LogP contribution in [-0.2, 0) is 6.42 Å². The van der Waals surface area contributed by atoms with Crippen LogP contribution < -0.4 is 0 Å². The van der Waals surface area contributed by atoms with Crippen LogP contribution >= 0.6 is 27.3 Å². The van der Waals surface area contributed by atoms with E-state index in [1.54, 1.807) is 11.3 Å². The lowest BCUT2D eigenvalue weighted by Crippen LogP contribution is -1.84. The molecule has 0 fully saturated rings. The van der Waals surface area contributed by atoms with Gasteiger partial charge in [-0.15, -0.1) is 11.3 Å². The molecule has 2 nitrogen and oxygen atoms in total. The maximum absolute atomic E-state index is 8.60. The third-order valence-corrected chi connectivity index (χ3v) is 3.65.